The van der Waals surface area contributed by atoms with Crippen molar-refractivity contribution in [2.24, 2.45) is 28.6 Å². The number of esters is 1. The minimum absolute atomic E-state index is 0.00557. The molecule has 1 aromatic rings. The van der Waals surface area contributed by atoms with Crippen LogP contribution in [0.2, 0.25) is 0 Å². The van der Waals surface area contributed by atoms with Gasteiger partial charge in [0.05, 0.1) is 23.1 Å². The molecule has 4 aliphatic carbocycles. The van der Waals surface area contributed by atoms with E-state index in [0.717, 1.165) is 5.57 Å². The van der Waals surface area contributed by atoms with Gasteiger partial charge in [-0.1, -0.05) is 32.4 Å². The Morgan fingerprint density at radius 3 is 2.69 bits per heavy atom. The molecule has 3 fully saturated rings. The molecule has 35 heavy (non-hydrogen) atoms. The van der Waals surface area contributed by atoms with Gasteiger partial charge < -0.3 is 14.3 Å². The largest absolute Gasteiger partial charge is 0.457 e. The van der Waals surface area contributed by atoms with Crippen molar-refractivity contribution in [3.8, 4) is 0 Å². The Kier molecular flexibility index (Phi) is 5.71. The number of furan rings is 1. The number of ketones is 2. The van der Waals surface area contributed by atoms with Crippen molar-refractivity contribution in [3.05, 3.63) is 48.0 Å². The quantitative estimate of drug-likeness (QED) is 0.449. The van der Waals surface area contributed by atoms with Gasteiger partial charge in [-0.15, -0.1) is 23.2 Å². The minimum Gasteiger partial charge on any atom is -0.457 e. The van der Waals surface area contributed by atoms with Crippen molar-refractivity contribution in [2.75, 3.05) is 5.88 Å². The molecule has 0 amide bonds. The fourth-order valence-corrected chi connectivity index (χ4v) is 8.81. The van der Waals surface area contributed by atoms with Crippen LogP contribution in [-0.4, -0.2) is 45.1 Å². The van der Waals surface area contributed by atoms with E-state index in [0.29, 0.717) is 19.3 Å². The van der Waals surface area contributed by atoms with E-state index < -0.39 is 33.4 Å². The molecule has 0 saturated heterocycles. The number of carbonyl (C=O) groups is 3. The van der Waals surface area contributed by atoms with Crippen LogP contribution in [0.5, 0.6) is 0 Å². The van der Waals surface area contributed by atoms with Gasteiger partial charge in [-0.05, 0) is 61.8 Å². The lowest BCUT2D eigenvalue weighted by Gasteiger charge is -2.64. The Bertz CT molecular complexity index is 1140. The van der Waals surface area contributed by atoms with Crippen molar-refractivity contribution >= 4 is 40.7 Å². The fraction of sp³-hybridized carbons (Fsp3) is 0.593. The Hall–Kier alpha value is -1.89. The molecule has 0 radical (unpaired) electrons. The number of Topliss-reactive ketones (excluding diaryl/α,β-unsaturated/α-hetero) is 1. The van der Waals surface area contributed by atoms with Crippen LogP contribution in [0, 0.1) is 28.6 Å². The number of aliphatic hydroxyl groups excluding tert-OH is 1. The molecular weight excluding hydrogens is 491 g/mol. The number of hydrogen-bond donors (Lipinski definition) is 1. The molecule has 0 bridgehead atoms. The lowest BCUT2D eigenvalue weighted by molar-refractivity contribution is -0.177. The Morgan fingerprint density at radius 1 is 1.29 bits per heavy atom. The Morgan fingerprint density at radius 2 is 2.03 bits per heavy atom. The average molecular weight is 521 g/mol. The van der Waals surface area contributed by atoms with E-state index in [1.54, 1.807) is 12.1 Å². The number of fused-ring (bicyclic) bond motifs is 5. The first kappa shape index (κ1) is 24.8. The number of hydrogen-bond acceptors (Lipinski definition) is 6. The average Bonchev–Trinajstić information content (AvgIpc) is 3.42. The first-order valence-electron chi connectivity index (χ1n) is 12.1. The van der Waals surface area contributed by atoms with Crippen LogP contribution in [0.4, 0.5) is 0 Å². The zero-order valence-electron chi connectivity index (χ0n) is 20.1. The minimum atomic E-state index is -1.53. The smallest absolute Gasteiger partial charge is 0.375 e. The van der Waals surface area contributed by atoms with Crippen molar-refractivity contribution in [1.82, 2.24) is 0 Å². The van der Waals surface area contributed by atoms with Gasteiger partial charge in [0.15, 0.2) is 17.2 Å². The zero-order chi connectivity index (χ0) is 25.4. The molecule has 8 heteroatoms. The standard InChI is InChI=1S/C27H30Cl2O6/c1-15-11-19-18-7-6-16-12-17(30)8-9-24(16,2)26(18,29)21(31)13-25(19,3)27(15,22(32)14-28)35-23(33)20-5-4-10-34-20/h4-5,8-10,12,15,18-19,21,31H,6-7,11,13-14H2,1-3H3/t15-,18+,19+,21?,24+,25+,26+,27+/m1/s1. The molecule has 5 rings (SSSR count). The predicted octanol–water partition coefficient (Wildman–Crippen LogP) is 4.87. The molecule has 1 aromatic heterocycles. The lowest BCUT2D eigenvalue weighted by Crippen LogP contribution is -2.69. The second-order valence-electron chi connectivity index (χ2n) is 11.1. The third kappa shape index (κ3) is 3.02. The van der Waals surface area contributed by atoms with Crippen LogP contribution in [0.15, 0.2) is 46.6 Å². The van der Waals surface area contributed by atoms with Gasteiger partial charge >= 0.3 is 5.97 Å². The monoisotopic (exact) mass is 520 g/mol. The van der Waals surface area contributed by atoms with Crippen LogP contribution in [-0.2, 0) is 14.3 Å². The van der Waals surface area contributed by atoms with Gasteiger partial charge in [0.2, 0.25) is 5.76 Å². The van der Waals surface area contributed by atoms with Gasteiger partial charge in [-0.2, -0.15) is 0 Å². The summed E-state index contributed by atoms with van der Waals surface area (Å²) in [5.41, 5.74) is -2.20. The maximum Gasteiger partial charge on any atom is 0.375 e. The van der Waals surface area contributed by atoms with Crippen molar-refractivity contribution < 1.29 is 28.6 Å². The molecular formula is C27H30Cl2O6. The number of rotatable bonds is 4. The van der Waals surface area contributed by atoms with Gasteiger partial charge in [0, 0.05) is 16.7 Å². The number of carbonyl (C=O) groups excluding carboxylic acids is 3. The van der Waals surface area contributed by atoms with E-state index in [-0.39, 0.29) is 47.4 Å². The van der Waals surface area contributed by atoms with Gasteiger partial charge in [0.25, 0.3) is 0 Å². The highest BCUT2D eigenvalue weighted by molar-refractivity contribution is 6.29. The first-order chi connectivity index (χ1) is 16.5. The Balaban J connectivity index is 1.61. The molecule has 1 unspecified atom stereocenters. The maximum atomic E-state index is 13.6. The molecule has 0 spiro atoms. The van der Waals surface area contributed by atoms with Gasteiger partial charge in [0.1, 0.15) is 0 Å². The third-order valence-corrected chi connectivity index (χ3v) is 10.9. The molecule has 4 aliphatic rings. The van der Waals surface area contributed by atoms with E-state index in [4.69, 9.17) is 32.4 Å². The number of ether oxygens (including phenoxy) is 1. The summed E-state index contributed by atoms with van der Waals surface area (Å²) in [5.74, 6) is -2.12. The summed E-state index contributed by atoms with van der Waals surface area (Å²) >= 11 is 13.6. The molecule has 6 nitrogen and oxygen atoms in total. The molecule has 3 saturated carbocycles. The maximum absolute atomic E-state index is 13.6. The molecule has 1 heterocycles. The summed E-state index contributed by atoms with van der Waals surface area (Å²) < 4.78 is 11.3. The summed E-state index contributed by atoms with van der Waals surface area (Å²) in [6.07, 6.45) is 7.44. The Labute approximate surface area is 214 Å². The molecule has 1 N–H and O–H groups in total. The number of halogens is 2. The summed E-state index contributed by atoms with van der Waals surface area (Å²) in [7, 11) is 0. The summed E-state index contributed by atoms with van der Waals surface area (Å²) in [5, 5.41) is 11.8. The summed E-state index contributed by atoms with van der Waals surface area (Å²) in [6.45, 7) is 5.81. The van der Waals surface area contributed by atoms with Crippen LogP contribution >= 0.6 is 23.2 Å². The number of aliphatic hydroxyl groups is 1. The highest BCUT2D eigenvalue weighted by Crippen LogP contribution is 2.72. The number of alkyl halides is 2. The van der Waals surface area contributed by atoms with Crippen LogP contribution in [0.3, 0.4) is 0 Å². The lowest BCUT2D eigenvalue weighted by atomic mass is 9.45. The third-order valence-electron chi connectivity index (χ3n) is 9.69. The second-order valence-corrected chi connectivity index (χ2v) is 12.0. The predicted molar refractivity (Wildman–Crippen MR) is 130 cm³/mol. The van der Waals surface area contributed by atoms with E-state index in [1.165, 1.54) is 18.4 Å². The fourth-order valence-electron chi connectivity index (χ4n) is 8.09. The summed E-state index contributed by atoms with van der Waals surface area (Å²) in [4.78, 5) is 37.7. The van der Waals surface area contributed by atoms with Gasteiger partial charge in [-0.3, -0.25) is 9.59 Å². The van der Waals surface area contributed by atoms with Gasteiger partial charge in [-0.25, -0.2) is 4.79 Å². The van der Waals surface area contributed by atoms with Crippen molar-refractivity contribution in [3.63, 3.8) is 0 Å². The molecule has 0 aromatic carbocycles. The molecule has 8 atom stereocenters. The SMILES string of the molecule is C[C@@H]1C[C@H]2[C@@H]3CCC4=CC(=O)C=C[C@]4(C)[C@@]3(Cl)C(O)C[C@]2(C)[C@@]1(OC(=O)c1ccco1)C(=O)CCl. The van der Waals surface area contributed by atoms with E-state index in [1.807, 2.05) is 26.8 Å². The molecule has 188 valence electrons. The van der Waals surface area contributed by atoms with Crippen molar-refractivity contribution in [2.45, 2.75) is 63.0 Å². The highest BCUT2D eigenvalue weighted by Gasteiger charge is 2.76. The summed E-state index contributed by atoms with van der Waals surface area (Å²) in [6, 6.07) is 3.07. The normalized spacial score (nSPS) is 44.2. The second kappa shape index (κ2) is 8.06. The van der Waals surface area contributed by atoms with Crippen LogP contribution in [0.1, 0.15) is 57.0 Å². The van der Waals surface area contributed by atoms with Crippen molar-refractivity contribution in [1.29, 1.82) is 0 Å². The van der Waals surface area contributed by atoms with E-state index >= 15 is 0 Å². The number of allylic oxidation sites excluding steroid dienone is 4. The van der Waals surface area contributed by atoms with E-state index in [2.05, 4.69) is 0 Å². The topological polar surface area (TPSA) is 93.8 Å². The van der Waals surface area contributed by atoms with E-state index in [9.17, 15) is 19.5 Å². The van der Waals surface area contributed by atoms with Crippen LogP contribution < -0.4 is 0 Å². The van der Waals surface area contributed by atoms with Crippen LogP contribution in [0.25, 0.3) is 0 Å². The highest BCUT2D eigenvalue weighted by atomic mass is 35.5. The molecule has 0 aliphatic heterocycles. The first-order valence-corrected chi connectivity index (χ1v) is 13.0. The zero-order valence-corrected chi connectivity index (χ0v) is 21.6.